The van der Waals surface area contributed by atoms with Crippen LogP contribution in [0.2, 0.25) is 0 Å². The zero-order valence-electron chi connectivity index (χ0n) is 9.36. The highest BCUT2D eigenvalue weighted by Gasteiger charge is 2.17. The Morgan fingerprint density at radius 1 is 1.62 bits per heavy atom. The number of carbonyl (C=O) groups is 1. The average Bonchev–Trinajstić information content (AvgIpc) is 2.65. The number of aromatic nitrogens is 1. The second kappa shape index (κ2) is 5.39. The standard InChI is InChI=1S/C11H16N2O2S/c1-8-6-10(13-15-8)12-11(14)7-9-2-4-16-5-3-9/h6,9H,2-5,7H2,1H3,(H,12,13,14). The Morgan fingerprint density at radius 2 is 2.38 bits per heavy atom. The van der Waals surface area contributed by atoms with Crippen molar-refractivity contribution in [1.29, 1.82) is 0 Å². The van der Waals surface area contributed by atoms with Crippen LogP contribution in [0.15, 0.2) is 10.6 Å². The highest BCUT2D eigenvalue weighted by molar-refractivity contribution is 7.99. The highest BCUT2D eigenvalue weighted by Crippen LogP contribution is 2.25. The molecule has 1 aliphatic rings. The molecule has 4 nitrogen and oxygen atoms in total. The first-order chi connectivity index (χ1) is 7.74. The van der Waals surface area contributed by atoms with Crippen LogP contribution in [-0.2, 0) is 4.79 Å². The number of hydrogen-bond acceptors (Lipinski definition) is 4. The number of nitrogens with zero attached hydrogens (tertiary/aromatic N) is 1. The minimum absolute atomic E-state index is 0.0465. The predicted molar refractivity (Wildman–Crippen MR) is 64.5 cm³/mol. The van der Waals surface area contributed by atoms with Gasteiger partial charge in [-0.15, -0.1) is 0 Å². The van der Waals surface area contributed by atoms with Crippen LogP contribution in [0.25, 0.3) is 0 Å². The summed E-state index contributed by atoms with van der Waals surface area (Å²) >= 11 is 1.97. The number of aryl methyl sites for hydroxylation is 1. The van der Waals surface area contributed by atoms with Crippen molar-refractivity contribution >= 4 is 23.5 Å². The summed E-state index contributed by atoms with van der Waals surface area (Å²) in [4.78, 5) is 11.7. The lowest BCUT2D eigenvalue weighted by Crippen LogP contribution is -2.19. The summed E-state index contributed by atoms with van der Waals surface area (Å²) in [7, 11) is 0. The maximum Gasteiger partial charge on any atom is 0.225 e. The lowest BCUT2D eigenvalue weighted by atomic mass is 9.98. The first-order valence-corrected chi connectivity index (χ1v) is 6.70. The van der Waals surface area contributed by atoms with Crippen molar-refractivity contribution < 1.29 is 9.32 Å². The van der Waals surface area contributed by atoms with E-state index in [1.165, 1.54) is 11.5 Å². The Bertz CT molecular complexity index is 359. The molecule has 1 N–H and O–H groups in total. The third-order valence-electron chi connectivity index (χ3n) is 2.71. The highest BCUT2D eigenvalue weighted by atomic mass is 32.2. The molecule has 2 heterocycles. The third kappa shape index (κ3) is 3.27. The number of rotatable bonds is 3. The second-order valence-electron chi connectivity index (χ2n) is 4.13. The lowest BCUT2D eigenvalue weighted by Gasteiger charge is -2.20. The zero-order chi connectivity index (χ0) is 11.4. The summed E-state index contributed by atoms with van der Waals surface area (Å²) in [6.45, 7) is 1.81. The van der Waals surface area contributed by atoms with Gasteiger partial charge in [0.15, 0.2) is 5.82 Å². The van der Waals surface area contributed by atoms with Crippen LogP contribution in [0.3, 0.4) is 0 Å². The molecule has 0 unspecified atom stereocenters. The van der Waals surface area contributed by atoms with Gasteiger partial charge >= 0.3 is 0 Å². The Kier molecular flexibility index (Phi) is 3.88. The van der Waals surface area contributed by atoms with Gasteiger partial charge in [-0.25, -0.2) is 0 Å². The molecule has 1 aliphatic heterocycles. The first-order valence-electron chi connectivity index (χ1n) is 5.55. The topological polar surface area (TPSA) is 55.1 Å². The van der Waals surface area contributed by atoms with Crippen LogP contribution in [-0.4, -0.2) is 22.6 Å². The van der Waals surface area contributed by atoms with Crippen molar-refractivity contribution in [3.8, 4) is 0 Å². The van der Waals surface area contributed by atoms with Crippen LogP contribution in [0, 0.1) is 12.8 Å². The molecule has 0 radical (unpaired) electrons. The van der Waals surface area contributed by atoms with E-state index in [2.05, 4.69) is 10.5 Å². The Morgan fingerprint density at radius 3 is 3.00 bits per heavy atom. The molecule has 16 heavy (non-hydrogen) atoms. The lowest BCUT2D eigenvalue weighted by molar-refractivity contribution is -0.117. The van der Waals surface area contributed by atoms with Gasteiger partial charge < -0.3 is 9.84 Å². The monoisotopic (exact) mass is 240 g/mol. The van der Waals surface area contributed by atoms with Crippen LogP contribution >= 0.6 is 11.8 Å². The first kappa shape index (κ1) is 11.5. The van der Waals surface area contributed by atoms with Crippen molar-refractivity contribution in [2.45, 2.75) is 26.2 Å². The van der Waals surface area contributed by atoms with Gasteiger partial charge in [-0.1, -0.05) is 5.16 Å². The fourth-order valence-corrected chi connectivity index (χ4v) is 3.04. The van der Waals surface area contributed by atoms with E-state index in [0.29, 0.717) is 23.9 Å². The van der Waals surface area contributed by atoms with E-state index in [1.54, 1.807) is 13.0 Å². The quantitative estimate of drug-likeness (QED) is 0.881. The molecule has 2 rings (SSSR count). The molecule has 0 aromatic carbocycles. The normalized spacial score (nSPS) is 17.3. The number of carbonyl (C=O) groups excluding carboxylic acids is 1. The summed E-state index contributed by atoms with van der Waals surface area (Å²) in [5.74, 6) is 4.18. The maximum absolute atomic E-state index is 11.7. The summed E-state index contributed by atoms with van der Waals surface area (Å²) < 4.78 is 4.89. The van der Waals surface area contributed by atoms with Gasteiger partial charge in [0.1, 0.15) is 5.76 Å². The fraction of sp³-hybridized carbons (Fsp3) is 0.636. The molecule has 5 heteroatoms. The zero-order valence-corrected chi connectivity index (χ0v) is 10.2. The van der Waals surface area contributed by atoms with Gasteiger partial charge in [-0.2, -0.15) is 11.8 Å². The summed E-state index contributed by atoms with van der Waals surface area (Å²) in [5.41, 5.74) is 0. The molecular weight excluding hydrogens is 224 g/mol. The Labute approximate surface area is 99.1 Å². The number of amides is 1. The smallest absolute Gasteiger partial charge is 0.225 e. The van der Waals surface area contributed by atoms with E-state index < -0.39 is 0 Å². The van der Waals surface area contributed by atoms with E-state index >= 15 is 0 Å². The fourth-order valence-electron chi connectivity index (χ4n) is 1.83. The van der Waals surface area contributed by atoms with Crippen molar-refractivity contribution in [3.05, 3.63) is 11.8 Å². The van der Waals surface area contributed by atoms with Gasteiger partial charge in [0, 0.05) is 12.5 Å². The molecule has 0 aliphatic carbocycles. The van der Waals surface area contributed by atoms with Crippen molar-refractivity contribution in [2.75, 3.05) is 16.8 Å². The largest absolute Gasteiger partial charge is 0.360 e. The number of thioether (sulfide) groups is 1. The molecule has 1 aromatic heterocycles. The number of anilines is 1. The summed E-state index contributed by atoms with van der Waals surface area (Å²) in [6.07, 6.45) is 2.90. The molecule has 1 amide bonds. The molecular formula is C11H16N2O2S. The van der Waals surface area contributed by atoms with Gasteiger partial charge in [0.25, 0.3) is 0 Å². The van der Waals surface area contributed by atoms with E-state index in [9.17, 15) is 4.79 Å². The van der Waals surface area contributed by atoms with Gasteiger partial charge in [-0.3, -0.25) is 4.79 Å². The number of nitrogens with one attached hydrogen (secondary N) is 1. The minimum atomic E-state index is 0.0465. The van der Waals surface area contributed by atoms with Gasteiger partial charge in [0.2, 0.25) is 5.91 Å². The molecule has 0 atom stereocenters. The van der Waals surface area contributed by atoms with Crippen LogP contribution in [0.5, 0.6) is 0 Å². The number of hydrogen-bond donors (Lipinski definition) is 1. The Balaban J connectivity index is 1.79. The maximum atomic E-state index is 11.7. The van der Waals surface area contributed by atoms with Gasteiger partial charge in [-0.05, 0) is 37.2 Å². The summed E-state index contributed by atoms with van der Waals surface area (Å²) in [5, 5.41) is 6.50. The average molecular weight is 240 g/mol. The van der Waals surface area contributed by atoms with Crippen molar-refractivity contribution in [2.24, 2.45) is 5.92 Å². The molecule has 0 saturated carbocycles. The second-order valence-corrected chi connectivity index (χ2v) is 5.36. The van der Waals surface area contributed by atoms with E-state index in [1.807, 2.05) is 11.8 Å². The SMILES string of the molecule is Cc1cc(NC(=O)CC2CCSCC2)no1. The van der Waals surface area contributed by atoms with Gasteiger partial charge in [0.05, 0.1) is 0 Å². The van der Waals surface area contributed by atoms with E-state index in [4.69, 9.17) is 4.52 Å². The molecule has 0 spiro atoms. The molecule has 0 bridgehead atoms. The third-order valence-corrected chi connectivity index (χ3v) is 3.76. The van der Waals surface area contributed by atoms with E-state index in [0.717, 1.165) is 12.8 Å². The van der Waals surface area contributed by atoms with Crippen LogP contribution in [0.4, 0.5) is 5.82 Å². The molecule has 1 saturated heterocycles. The predicted octanol–water partition coefficient (Wildman–Crippen LogP) is 2.45. The van der Waals surface area contributed by atoms with Crippen LogP contribution in [0.1, 0.15) is 25.0 Å². The van der Waals surface area contributed by atoms with E-state index in [-0.39, 0.29) is 5.91 Å². The van der Waals surface area contributed by atoms with Crippen molar-refractivity contribution in [1.82, 2.24) is 5.16 Å². The molecule has 88 valence electrons. The molecule has 1 aromatic rings. The summed E-state index contributed by atoms with van der Waals surface area (Å²) in [6, 6.07) is 1.73. The minimum Gasteiger partial charge on any atom is -0.360 e. The Hall–Kier alpha value is -0.970. The van der Waals surface area contributed by atoms with Crippen LogP contribution < -0.4 is 5.32 Å². The molecule has 1 fully saturated rings. The van der Waals surface area contributed by atoms with Crippen molar-refractivity contribution in [3.63, 3.8) is 0 Å².